The predicted molar refractivity (Wildman–Crippen MR) is 337 cm³/mol. The minimum absolute atomic E-state index is 0.174. The van der Waals surface area contributed by atoms with E-state index in [-0.39, 0.29) is 23.7 Å². The third-order valence-electron chi connectivity index (χ3n) is 16.3. The lowest BCUT2D eigenvalue weighted by Gasteiger charge is -2.24. The lowest BCUT2D eigenvalue weighted by Crippen LogP contribution is -2.09. The molecule has 0 atom stereocenters. The molecule has 0 saturated carbocycles. The normalized spacial score (nSPS) is 12.2. The SMILES string of the molecule is Cc1ccc2c(n1)oc1c2ccc2oc3c(-c4nc5ccccc5n4-c4c(C(C)C)cc(-c5ccccc5)cc4C(C)C)cc(Oc4cccc(-c5nc6ccccc6n5-c5c(C(C)C)cc(-c6ccccc6)cc5C(C)C)c4)cc3c21. The third-order valence-corrected chi connectivity index (χ3v) is 16.3. The van der Waals surface area contributed by atoms with E-state index in [1.807, 2.05) is 19.1 Å². The molecular formula is C74H63N5O3. The predicted octanol–water partition coefficient (Wildman–Crippen LogP) is 20.8. The molecule has 0 N–H and O–H groups in total. The Balaban J connectivity index is 0.997. The second kappa shape index (κ2) is 19.9. The molecule has 0 bridgehead atoms. The number of hydrogen-bond acceptors (Lipinski definition) is 6. The van der Waals surface area contributed by atoms with Crippen molar-refractivity contribution in [3.8, 4) is 67.9 Å². The van der Waals surface area contributed by atoms with Crippen LogP contribution >= 0.6 is 0 Å². The minimum Gasteiger partial charge on any atom is -0.457 e. The van der Waals surface area contributed by atoms with E-state index >= 15 is 0 Å². The van der Waals surface area contributed by atoms with Gasteiger partial charge >= 0.3 is 0 Å². The number of pyridine rings is 1. The highest BCUT2D eigenvalue weighted by Gasteiger charge is 2.29. The molecular weight excluding hydrogens is 1010 g/mol. The number of rotatable bonds is 12. The summed E-state index contributed by atoms with van der Waals surface area (Å²) in [4.78, 5) is 15.9. The number of nitrogens with zero attached hydrogens (tertiary/aromatic N) is 5. The van der Waals surface area contributed by atoms with Crippen LogP contribution in [0.2, 0.25) is 0 Å². The van der Waals surface area contributed by atoms with Crippen LogP contribution in [0.3, 0.4) is 0 Å². The molecule has 0 aliphatic carbocycles. The monoisotopic (exact) mass is 1070 g/mol. The zero-order chi connectivity index (χ0) is 56.1. The van der Waals surface area contributed by atoms with Crippen LogP contribution in [0.4, 0.5) is 0 Å². The second-order valence-corrected chi connectivity index (χ2v) is 23.2. The van der Waals surface area contributed by atoms with E-state index in [1.165, 1.54) is 50.2 Å². The molecule has 0 radical (unpaired) electrons. The van der Waals surface area contributed by atoms with E-state index < -0.39 is 0 Å². The quantitative estimate of drug-likeness (QED) is 0.121. The van der Waals surface area contributed by atoms with Crippen LogP contribution < -0.4 is 4.74 Å². The number of hydrogen-bond donors (Lipinski definition) is 0. The molecule has 5 aromatic heterocycles. The lowest BCUT2D eigenvalue weighted by molar-refractivity contribution is 0.483. The van der Waals surface area contributed by atoms with Crippen molar-refractivity contribution in [3.63, 3.8) is 0 Å². The van der Waals surface area contributed by atoms with Crippen LogP contribution in [0.1, 0.15) is 107 Å². The van der Waals surface area contributed by atoms with Crippen LogP contribution in [0, 0.1) is 6.92 Å². The maximum absolute atomic E-state index is 7.27. The van der Waals surface area contributed by atoms with Gasteiger partial charge in [0.15, 0.2) is 0 Å². The Morgan fingerprint density at radius 1 is 0.390 bits per heavy atom. The molecule has 8 heteroatoms. The number of aryl methyl sites for hydroxylation is 1. The Kier molecular flexibility index (Phi) is 12.3. The fraction of sp³-hybridized carbons (Fsp3) is 0.176. The summed E-state index contributed by atoms with van der Waals surface area (Å²) in [5.74, 6) is 3.65. The number of furan rings is 2. The fourth-order valence-corrected chi connectivity index (χ4v) is 12.3. The number of ether oxygens (including phenoxy) is 1. The summed E-state index contributed by atoms with van der Waals surface area (Å²) in [7, 11) is 0. The van der Waals surface area contributed by atoms with Crippen molar-refractivity contribution in [2.45, 2.75) is 86.0 Å². The van der Waals surface area contributed by atoms with Crippen LogP contribution in [-0.2, 0) is 0 Å². The Hall–Kier alpha value is -9.53. The molecule has 402 valence electrons. The molecule has 0 amide bonds. The molecule has 0 aliphatic heterocycles. The van der Waals surface area contributed by atoms with Gasteiger partial charge in [-0.3, -0.25) is 9.13 Å². The summed E-state index contributed by atoms with van der Waals surface area (Å²) in [5.41, 5.74) is 21.2. The molecule has 0 unspecified atom stereocenters. The lowest BCUT2D eigenvalue weighted by atomic mass is 9.88. The molecule has 5 heterocycles. The van der Waals surface area contributed by atoms with E-state index in [0.717, 1.165) is 77.8 Å². The summed E-state index contributed by atoms with van der Waals surface area (Å²) in [6.07, 6.45) is 0. The largest absolute Gasteiger partial charge is 0.457 e. The van der Waals surface area contributed by atoms with Crippen LogP contribution in [0.25, 0.3) is 122 Å². The van der Waals surface area contributed by atoms with E-state index in [9.17, 15) is 0 Å². The Morgan fingerprint density at radius 3 is 1.48 bits per heavy atom. The first kappa shape index (κ1) is 50.7. The first-order chi connectivity index (χ1) is 39.9. The van der Waals surface area contributed by atoms with E-state index in [2.05, 4.69) is 247 Å². The molecule has 0 fully saturated rings. The number of fused-ring (bicyclic) bond motifs is 9. The van der Waals surface area contributed by atoms with Crippen molar-refractivity contribution in [1.29, 1.82) is 0 Å². The van der Waals surface area contributed by atoms with Gasteiger partial charge in [0.2, 0.25) is 5.71 Å². The Morgan fingerprint density at radius 2 is 0.902 bits per heavy atom. The van der Waals surface area contributed by atoms with E-state index in [0.29, 0.717) is 34.0 Å². The highest BCUT2D eigenvalue weighted by molar-refractivity contribution is 6.23. The first-order valence-electron chi connectivity index (χ1n) is 28.8. The number of benzene rings is 9. The third kappa shape index (κ3) is 8.46. The van der Waals surface area contributed by atoms with Crippen molar-refractivity contribution in [2.75, 3.05) is 0 Å². The molecule has 9 aromatic carbocycles. The Labute approximate surface area is 477 Å². The Bertz CT molecular complexity index is 4740. The maximum atomic E-state index is 7.27. The van der Waals surface area contributed by atoms with Crippen molar-refractivity contribution < 1.29 is 13.6 Å². The summed E-state index contributed by atoms with van der Waals surface area (Å²) in [5, 5.41) is 3.60. The van der Waals surface area contributed by atoms with Gasteiger partial charge in [-0.15, -0.1) is 0 Å². The standard InChI is InChI=1S/C74H63N5O3/c1-42(2)56-36-50(47-21-12-10-13-22-47)37-57(43(3)4)68(56)78-64-29-18-16-27-62(64)76-72(78)49-25-20-26-52(35-49)80-53-40-60-67-66(34-33-54-55-32-31-46(9)75-74(55)82-71(54)67)81-70(60)61(41-53)73-77-63-28-17-19-30-65(63)79(73)69-58(44(5)6)38-51(39-59(69)45(7)8)48-23-14-11-15-24-48/h10-45H,1-9H3. The summed E-state index contributed by atoms with van der Waals surface area (Å²) >= 11 is 0. The first-order valence-corrected chi connectivity index (χ1v) is 28.8. The number of para-hydroxylation sites is 4. The summed E-state index contributed by atoms with van der Waals surface area (Å²) in [6.45, 7) is 20.3. The van der Waals surface area contributed by atoms with Gasteiger partial charge in [-0.05, 0) is 172 Å². The minimum atomic E-state index is 0.174. The number of aromatic nitrogens is 5. The van der Waals surface area contributed by atoms with Crippen molar-refractivity contribution in [2.24, 2.45) is 0 Å². The zero-order valence-electron chi connectivity index (χ0n) is 47.7. The highest BCUT2D eigenvalue weighted by atomic mass is 16.5. The fourth-order valence-electron chi connectivity index (χ4n) is 12.3. The molecule has 8 nitrogen and oxygen atoms in total. The van der Waals surface area contributed by atoms with Crippen LogP contribution in [0.15, 0.2) is 203 Å². The van der Waals surface area contributed by atoms with Gasteiger partial charge < -0.3 is 13.6 Å². The average molecular weight is 1070 g/mol. The molecule has 0 saturated heterocycles. The molecule has 0 spiro atoms. The van der Waals surface area contributed by atoms with Gasteiger partial charge in [0.05, 0.1) is 44.4 Å². The van der Waals surface area contributed by atoms with Crippen LogP contribution in [0.5, 0.6) is 11.5 Å². The highest BCUT2D eigenvalue weighted by Crippen LogP contribution is 2.48. The maximum Gasteiger partial charge on any atom is 0.227 e. The smallest absolute Gasteiger partial charge is 0.227 e. The van der Waals surface area contributed by atoms with Crippen molar-refractivity contribution >= 4 is 66.1 Å². The molecule has 14 rings (SSSR count). The van der Waals surface area contributed by atoms with Gasteiger partial charge in [-0.2, -0.15) is 0 Å². The van der Waals surface area contributed by atoms with E-state index in [4.69, 9.17) is 28.5 Å². The van der Waals surface area contributed by atoms with Gasteiger partial charge in [-0.25, -0.2) is 15.0 Å². The molecule has 14 aromatic rings. The summed E-state index contributed by atoms with van der Waals surface area (Å²) in [6, 6.07) is 68.7. The van der Waals surface area contributed by atoms with Crippen molar-refractivity contribution in [1.82, 2.24) is 24.1 Å². The molecule has 0 aliphatic rings. The van der Waals surface area contributed by atoms with E-state index in [1.54, 1.807) is 0 Å². The summed E-state index contributed by atoms with van der Waals surface area (Å²) < 4.78 is 25.9. The average Bonchev–Trinajstić information content (AvgIpc) is 3.85. The van der Waals surface area contributed by atoms with Crippen LogP contribution in [-0.4, -0.2) is 24.1 Å². The van der Waals surface area contributed by atoms with Gasteiger partial charge in [-0.1, -0.05) is 152 Å². The van der Waals surface area contributed by atoms with Gasteiger partial charge in [0.25, 0.3) is 0 Å². The zero-order valence-corrected chi connectivity index (χ0v) is 47.7. The van der Waals surface area contributed by atoms with Crippen molar-refractivity contribution in [3.05, 3.63) is 222 Å². The van der Waals surface area contributed by atoms with Gasteiger partial charge in [0, 0.05) is 27.4 Å². The topological polar surface area (TPSA) is 84.0 Å². The number of imidazole rings is 2. The van der Waals surface area contributed by atoms with Gasteiger partial charge in [0.1, 0.15) is 39.9 Å². The second-order valence-electron chi connectivity index (χ2n) is 23.2. The molecule has 82 heavy (non-hydrogen) atoms.